The molecule has 6 unspecified atom stereocenters. The molecule has 0 aromatic rings. The van der Waals surface area contributed by atoms with Crippen molar-refractivity contribution in [1.82, 2.24) is 16.0 Å². The summed E-state index contributed by atoms with van der Waals surface area (Å²) < 4.78 is 0. The van der Waals surface area contributed by atoms with Gasteiger partial charge in [0.1, 0.15) is 18.1 Å². The van der Waals surface area contributed by atoms with Crippen LogP contribution in [-0.4, -0.2) is 88.7 Å². The maximum atomic E-state index is 12.9. The van der Waals surface area contributed by atoms with Crippen LogP contribution in [0.1, 0.15) is 46.5 Å². The van der Waals surface area contributed by atoms with E-state index in [0.29, 0.717) is 18.6 Å². The van der Waals surface area contributed by atoms with E-state index in [1.165, 1.54) is 18.7 Å². The Morgan fingerprint density at radius 3 is 2.06 bits per heavy atom. The van der Waals surface area contributed by atoms with Crippen LogP contribution in [0.2, 0.25) is 0 Å². The van der Waals surface area contributed by atoms with E-state index in [1.54, 1.807) is 6.92 Å². The van der Waals surface area contributed by atoms with Gasteiger partial charge in [-0.1, -0.05) is 20.3 Å². The van der Waals surface area contributed by atoms with Crippen molar-refractivity contribution in [2.24, 2.45) is 28.1 Å². The van der Waals surface area contributed by atoms with Gasteiger partial charge in [-0.05, 0) is 44.1 Å². The molecule has 0 aromatic carbocycles. The fraction of sp³-hybridized carbons (Fsp3) is 0.762. The molecule has 0 aliphatic rings. The quantitative estimate of drug-likeness (QED) is 0.0602. The number of carbonyl (C=O) groups excluding carboxylic acids is 3. The summed E-state index contributed by atoms with van der Waals surface area (Å²) in [5.41, 5.74) is 16.4. The minimum Gasteiger partial charge on any atom is -0.480 e. The van der Waals surface area contributed by atoms with Crippen LogP contribution in [0.5, 0.6) is 0 Å². The Bertz CT molecular complexity index is 733. The van der Waals surface area contributed by atoms with Crippen molar-refractivity contribution in [3.05, 3.63) is 0 Å². The van der Waals surface area contributed by atoms with Gasteiger partial charge >= 0.3 is 5.97 Å². The highest BCUT2D eigenvalue weighted by Crippen LogP contribution is 2.08. The number of carboxylic acid groups (broad SMARTS) is 1. The molecular weight excluding hydrogens is 478 g/mol. The summed E-state index contributed by atoms with van der Waals surface area (Å²) in [6.45, 7) is 5.19. The zero-order valence-corrected chi connectivity index (χ0v) is 21.6. The summed E-state index contributed by atoms with van der Waals surface area (Å²) in [6, 6.07) is -4.53. The molecule has 0 saturated heterocycles. The highest BCUT2D eigenvalue weighted by atomic mass is 32.2. The summed E-state index contributed by atoms with van der Waals surface area (Å²) in [6.07, 6.45) is 1.77. The molecule has 11 N–H and O–H groups in total. The van der Waals surface area contributed by atoms with E-state index < -0.39 is 54.0 Å². The van der Waals surface area contributed by atoms with Crippen molar-refractivity contribution in [1.29, 1.82) is 0 Å². The van der Waals surface area contributed by atoms with Gasteiger partial charge in [-0.2, -0.15) is 11.8 Å². The average molecular weight is 520 g/mol. The normalized spacial score (nSPS) is 16.1. The lowest BCUT2D eigenvalue weighted by Crippen LogP contribution is -2.60. The molecule has 0 aromatic heterocycles. The van der Waals surface area contributed by atoms with Crippen LogP contribution in [0.4, 0.5) is 0 Å². The number of carboxylic acids is 1. The molecule has 0 heterocycles. The molecule has 0 fully saturated rings. The predicted octanol–water partition coefficient (Wildman–Crippen LogP) is -1.91. The monoisotopic (exact) mass is 519 g/mol. The van der Waals surface area contributed by atoms with Crippen molar-refractivity contribution < 1.29 is 29.4 Å². The summed E-state index contributed by atoms with van der Waals surface area (Å²) in [7, 11) is 0. The number of carbonyl (C=O) groups is 4. The van der Waals surface area contributed by atoms with E-state index in [1.807, 2.05) is 13.2 Å². The van der Waals surface area contributed by atoms with Gasteiger partial charge in [-0.15, -0.1) is 0 Å². The number of nitrogens with one attached hydrogen (secondary N) is 3. The van der Waals surface area contributed by atoms with E-state index in [2.05, 4.69) is 20.9 Å². The van der Waals surface area contributed by atoms with Crippen LogP contribution in [0.3, 0.4) is 0 Å². The van der Waals surface area contributed by atoms with Gasteiger partial charge < -0.3 is 43.4 Å². The number of aliphatic hydroxyl groups excluding tert-OH is 1. The van der Waals surface area contributed by atoms with E-state index in [4.69, 9.17) is 17.2 Å². The van der Waals surface area contributed by atoms with E-state index >= 15 is 0 Å². The Morgan fingerprint density at radius 1 is 0.971 bits per heavy atom. The van der Waals surface area contributed by atoms with Crippen LogP contribution in [-0.2, 0) is 19.2 Å². The van der Waals surface area contributed by atoms with Gasteiger partial charge in [0.15, 0.2) is 5.96 Å². The molecule has 0 aliphatic heterocycles. The van der Waals surface area contributed by atoms with E-state index in [0.717, 1.165) is 0 Å². The first kappa shape index (κ1) is 32.4. The number of aliphatic imine (C=N–C) groups is 1. The van der Waals surface area contributed by atoms with Crippen LogP contribution < -0.4 is 33.2 Å². The predicted molar refractivity (Wildman–Crippen MR) is 135 cm³/mol. The summed E-state index contributed by atoms with van der Waals surface area (Å²) in [4.78, 5) is 53.6. The van der Waals surface area contributed by atoms with Gasteiger partial charge in [0.05, 0.1) is 12.1 Å². The maximum absolute atomic E-state index is 12.9. The first-order valence-corrected chi connectivity index (χ1v) is 12.9. The topological polar surface area (TPSA) is 235 Å². The molecule has 0 radical (unpaired) electrons. The molecule has 6 atom stereocenters. The molecule has 202 valence electrons. The second-order valence-electron chi connectivity index (χ2n) is 8.33. The van der Waals surface area contributed by atoms with E-state index in [-0.39, 0.29) is 31.3 Å². The number of amides is 3. The number of aliphatic carboxylic acids is 1. The molecule has 35 heavy (non-hydrogen) atoms. The van der Waals surface area contributed by atoms with Crippen molar-refractivity contribution in [2.75, 3.05) is 18.6 Å². The Labute approximate surface area is 210 Å². The first-order valence-electron chi connectivity index (χ1n) is 11.5. The van der Waals surface area contributed by atoms with Crippen LogP contribution in [0.15, 0.2) is 4.99 Å². The molecule has 3 amide bonds. The fourth-order valence-corrected chi connectivity index (χ4v) is 3.44. The summed E-state index contributed by atoms with van der Waals surface area (Å²) >= 11 is 1.43. The number of guanidine groups is 1. The van der Waals surface area contributed by atoms with Gasteiger partial charge in [-0.3, -0.25) is 19.4 Å². The standard InChI is InChI=1S/C21H41N7O6S/c1-5-11(2)15(22)18(31)28-16(12(3)29)19(32)26-13(8-10-35-4)17(30)27-14(20(33)34)7-6-9-25-21(23)24/h11-16,29H,5-10,22H2,1-4H3,(H,26,32)(H,27,30)(H,28,31)(H,33,34)(H4,23,24,25). The molecule has 0 spiro atoms. The van der Waals surface area contributed by atoms with Crippen molar-refractivity contribution in [2.45, 2.75) is 76.7 Å². The number of nitrogens with two attached hydrogens (primary N) is 3. The Hall–Kier alpha value is -2.58. The zero-order valence-electron chi connectivity index (χ0n) is 20.8. The second kappa shape index (κ2) is 16.9. The number of aliphatic hydroxyl groups is 1. The Kier molecular flexibility index (Phi) is 15.7. The van der Waals surface area contributed by atoms with Crippen molar-refractivity contribution in [3.8, 4) is 0 Å². The highest BCUT2D eigenvalue weighted by molar-refractivity contribution is 7.98. The van der Waals surface area contributed by atoms with Crippen LogP contribution >= 0.6 is 11.8 Å². The largest absolute Gasteiger partial charge is 0.480 e. The molecule has 13 nitrogen and oxygen atoms in total. The zero-order chi connectivity index (χ0) is 27.1. The number of nitrogens with zero attached hydrogens (tertiary/aromatic N) is 1. The van der Waals surface area contributed by atoms with Gasteiger partial charge in [0, 0.05) is 6.54 Å². The minimum atomic E-state index is -1.35. The Morgan fingerprint density at radius 2 is 1.57 bits per heavy atom. The average Bonchev–Trinajstić information content (AvgIpc) is 2.79. The third kappa shape index (κ3) is 12.6. The molecule has 14 heteroatoms. The smallest absolute Gasteiger partial charge is 0.326 e. The third-order valence-electron chi connectivity index (χ3n) is 5.43. The Balaban J connectivity index is 5.38. The molecule has 0 aliphatic carbocycles. The second-order valence-corrected chi connectivity index (χ2v) is 9.31. The molecule has 0 bridgehead atoms. The van der Waals surface area contributed by atoms with Crippen LogP contribution in [0, 0.1) is 5.92 Å². The van der Waals surface area contributed by atoms with Crippen molar-refractivity contribution >= 4 is 41.4 Å². The lowest BCUT2D eigenvalue weighted by Gasteiger charge is -2.27. The lowest BCUT2D eigenvalue weighted by molar-refractivity contribution is -0.142. The number of thioether (sulfide) groups is 1. The maximum Gasteiger partial charge on any atom is 0.326 e. The molecule has 0 saturated carbocycles. The lowest BCUT2D eigenvalue weighted by atomic mass is 9.98. The number of hydrogen-bond donors (Lipinski definition) is 8. The third-order valence-corrected chi connectivity index (χ3v) is 6.07. The summed E-state index contributed by atoms with van der Waals surface area (Å²) in [5.74, 6) is -3.11. The van der Waals surface area contributed by atoms with Crippen LogP contribution in [0.25, 0.3) is 0 Å². The van der Waals surface area contributed by atoms with E-state index in [9.17, 15) is 29.4 Å². The minimum absolute atomic E-state index is 0.0703. The number of rotatable bonds is 17. The number of hydrogen-bond acceptors (Lipinski definition) is 8. The fourth-order valence-electron chi connectivity index (χ4n) is 2.97. The highest BCUT2D eigenvalue weighted by Gasteiger charge is 2.32. The van der Waals surface area contributed by atoms with Gasteiger partial charge in [0.25, 0.3) is 0 Å². The molecule has 0 rings (SSSR count). The van der Waals surface area contributed by atoms with Crippen molar-refractivity contribution in [3.63, 3.8) is 0 Å². The van der Waals surface area contributed by atoms with Gasteiger partial charge in [0.2, 0.25) is 17.7 Å². The SMILES string of the molecule is CCC(C)C(N)C(=O)NC(C(=O)NC(CCSC)C(=O)NC(CCCN=C(N)N)C(=O)O)C(C)O. The van der Waals surface area contributed by atoms with Gasteiger partial charge in [-0.25, -0.2) is 4.79 Å². The first-order chi connectivity index (χ1) is 16.3. The molecular formula is C21H41N7O6S. The summed E-state index contributed by atoms with van der Waals surface area (Å²) in [5, 5.41) is 26.9.